The lowest BCUT2D eigenvalue weighted by atomic mass is 9.93. The predicted molar refractivity (Wildman–Crippen MR) is 85.0 cm³/mol. The van der Waals surface area contributed by atoms with E-state index in [9.17, 15) is 9.18 Å². The van der Waals surface area contributed by atoms with Crippen LogP contribution in [-0.4, -0.2) is 37.0 Å². The van der Waals surface area contributed by atoms with Gasteiger partial charge in [-0.1, -0.05) is 32.4 Å². The fraction of sp³-hybridized carbons (Fsp3) is 0.533. The van der Waals surface area contributed by atoms with Gasteiger partial charge in [-0.15, -0.1) is 0 Å². The van der Waals surface area contributed by atoms with Crippen molar-refractivity contribution in [1.29, 1.82) is 0 Å². The van der Waals surface area contributed by atoms with Crippen LogP contribution in [0.2, 0.25) is 5.02 Å². The van der Waals surface area contributed by atoms with Crippen molar-refractivity contribution in [3.05, 3.63) is 29.0 Å². The van der Waals surface area contributed by atoms with Gasteiger partial charge in [0, 0.05) is 6.54 Å². The van der Waals surface area contributed by atoms with Crippen molar-refractivity contribution in [2.45, 2.75) is 20.8 Å². The normalized spacial score (nSPS) is 11.8. The molecule has 0 aromatic heterocycles. The van der Waals surface area contributed by atoms with Crippen LogP contribution in [0.3, 0.4) is 0 Å². The summed E-state index contributed by atoms with van der Waals surface area (Å²) in [7, 11) is 0. The molecule has 0 saturated heterocycles. The summed E-state index contributed by atoms with van der Waals surface area (Å²) in [6, 6.07) is 3.89. The molecule has 3 N–H and O–H groups in total. The topological polar surface area (TPSA) is 58.4 Å². The summed E-state index contributed by atoms with van der Waals surface area (Å²) in [5.41, 5.74) is 6.08. The average molecular weight is 316 g/mol. The van der Waals surface area contributed by atoms with Crippen LogP contribution in [-0.2, 0) is 4.79 Å². The second-order valence-electron chi connectivity index (χ2n) is 5.84. The van der Waals surface area contributed by atoms with Gasteiger partial charge < -0.3 is 11.1 Å². The van der Waals surface area contributed by atoms with Crippen LogP contribution in [0.1, 0.15) is 20.8 Å². The lowest BCUT2D eigenvalue weighted by Crippen LogP contribution is -2.42. The van der Waals surface area contributed by atoms with Gasteiger partial charge in [0.05, 0.1) is 17.3 Å². The first kappa shape index (κ1) is 17.9. The smallest absolute Gasteiger partial charge is 0.238 e. The third-order valence-corrected chi connectivity index (χ3v) is 3.54. The van der Waals surface area contributed by atoms with Crippen LogP contribution in [0.25, 0.3) is 0 Å². The molecule has 0 aliphatic rings. The van der Waals surface area contributed by atoms with E-state index in [0.717, 1.165) is 13.1 Å². The standard InChI is InChI=1S/C15H23ClFN3O/c1-4-20(10-15(2,3)9-18)8-14(21)19-13-6-5-11(17)7-12(13)16/h5-7H,4,8-10,18H2,1-3H3,(H,19,21). The van der Waals surface area contributed by atoms with Crippen molar-refractivity contribution in [1.82, 2.24) is 4.90 Å². The highest BCUT2D eigenvalue weighted by Crippen LogP contribution is 2.22. The van der Waals surface area contributed by atoms with Crippen molar-refractivity contribution in [3.63, 3.8) is 0 Å². The maximum atomic E-state index is 13.0. The van der Waals surface area contributed by atoms with Crippen molar-refractivity contribution in [2.24, 2.45) is 11.1 Å². The molecular weight excluding hydrogens is 293 g/mol. The first-order valence-electron chi connectivity index (χ1n) is 6.94. The molecule has 0 bridgehead atoms. The minimum atomic E-state index is -0.433. The van der Waals surface area contributed by atoms with Gasteiger partial charge in [-0.2, -0.15) is 0 Å². The molecule has 1 aromatic rings. The monoisotopic (exact) mass is 315 g/mol. The quantitative estimate of drug-likeness (QED) is 0.813. The SMILES string of the molecule is CCN(CC(=O)Nc1ccc(F)cc1Cl)CC(C)(C)CN. The number of benzene rings is 1. The Morgan fingerprint density at radius 3 is 2.67 bits per heavy atom. The average Bonchev–Trinajstić information content (AvgIpc) is 2.41. The van der Waals surface area contributed by atoms with Crippen molar-refractivity contribution < 1.29 is 9.18 Å². The van der Waals surface area contributed by atoms with Gasteiger partial charge in [0.2, 0.25) is 5.91 Å². The summed E-state index contributed by atoms with van der Waals surface area (Å²) in [6.45, 7) is 8.38. The molecule has 0 unspecified atom stereocenters. The van der Waals surface area contributed by atoms with Crippen LogP contribution >= 0.6 is 11.6 Å². The zero-order chi connectivity index (χ0) is 16.0. The maximum absolute atomic E-state index is 13.0. The van der Waals surface area contributed by atoms with Crippen LogP contribution < -0.4 is 11.1 Å². The number of hydrogen-bond acceptors (Lipinski definition) is 3. The van der Waals surface area contributed by atoms with Gasteiger partial charge in [0.25, 0.3) is 0 Å². The lowest BCUT2D eigenvalue weighted by molar-refractivity contribution is -0.117. The summed E-state index contributed by atoms with van der Waals surface area (Å²) in [5, 5.41) is 2.88. The van der Waals surface area contributed by atoms with E-state index in [2.05, 4.69) is 19.2 Å². The molecule has 4 nitrogen and oxygen atoms in total. The Labute approximate surface area is 130 Å². The van der Waals surface area contributed by atoms with Crippen LogP contribution in [0.15, 0.2) is 18.2 Å². The van der Waals surface area contributed by atoms with Crippen LogP contribution in [0.4, 0.5) is 10.1 Å². The van der Waals surface area contributed by atoms with E-state index in [-0.39, 0.29) is 22.9 Å². The molecule has 0 spiro atoms. The van der Waals surface area contributed by atoms with Gasteiger partial charge >= 0.3 is 0 Å². The third-order valence-electron chi connectivity index (χ3n) is 3.22. The first-order valence-corrected chi connectivity index (χ1v) is 7.32. The molecule has 1 rings (SSSR count). The van der Waals surface area contributed by atoms with E-state index >= 15 is 0 Å². The van der Waals surface area contributed by atoms with Crippen molar-refractivity contribution in [2.75, 3.05) is 31.5 Å². The molecule has 21 heavy (non-hydrogen) atoms. The third kappa shape index (κ3) is 5.99. The van der Waals surface area contributed by atoms with E-state index in [4.69, 9.17) is 17.3 Å². The predicted octanol–water partition coefficient (Wildman–Crippen LogP) is 2.72. The Kier molecular flexibility index (Phi) is 6.58. The second kappa shape index (κ2) is 7.73. The number of rotatable bonds is 7. The van der Waals surface area contributed by atoms with E-state index in [0.29, 0.717) is 12.2 Å². The zero-order valence-electron chi connectivity index (χ0n) is 12.7. The number of carbonyl (C=O) groups excluding carboxylic acids is 1. The van der Waals surface area contributed by atoms with E-state index in [1.165, 1.54) is 18.2 Å². The van der Waals surface area contributed by atoms with Crippen molar-refractivity contribution >= 4 is 23.2 Å². The first-order chi connectivity index (χ1) is 9.77. The number of likely N-dealkylation sites (N-methyl/N-ethyl adjacent to an activating group) is 1. The highest BCUT2D eigenvalue weighted by atomic mass is 35.5. The minimum absolute atomic E-state index is 0.0518. The van der Waals surface area contributed by atoms with Crippen LogP contribution in [0, 0.1) is 11.2 Å². The Bertz CT molecular complexity index is 494. The number of hydrogen-bond donors (Lipinski definition) is 2. The summed E-state index contributed by atoms with van der Waals surface area (Å²) < 4.78 is 13.0. The fourth-order valence-corrected chi connectivity index (χ4v) is 2.15. The molecule has 0 atom stereocenters. The second-order valence-corrected chi connectivity index (χ2v) is 6.25. The number of nitrogens with two attached hydrogens (primary N) is 1. The molecule has 0 saturated carbocycles. The fourth-order valence-electron chi connectivity index (χ4n) is 1.93. The summed E-state index contributed by atoms with van der Waals surface area (Å²) in [6.07, 6.45) is 0. The van der Waals surface area contributed by atoms with E-state index < -0.39 is 5.82 Å². The Hall–Kier alpha value is -1.17. The van der Waals surface area contributed by atoms with Gasteiger partial charge in [-0.05, 0) is 36.7 Å². The minimum Gasteiger partial charge on any atom is -0.330 e. The summed E-state index contributed by atoms with van der Waals surface area (Å²) in [5.74, 6) is -0.615. The largest absolute Gasteiger partial charge is 0.330 e. The lowest BCUT2D eigenvalue weighted by Gasteiger charge is -2.30. The van der Waals surface area contributed by atoms with Crippen LogP contribution in [0.5, 0.6) is 0 Å². The molecule has 0 aliphatic carbocycles. The molecular formula is C15H23ClFN3O. The zero-order valence-corrected chi connectivity index (χ0v) is 13.5. The van der Waals surface area contributed by atoms with Gasteiger partial charge in [0.1, 0.15) is 5.82 Å². The van der Waals surface area contributed by atoms with E-state index in [1.807, 2.05) is 11.8 Å². The number of amides is 1. The highest BCUT2D eigenvalue weighted by Gasteiger charge is 2.21. The molecule has 1 aromatic carbocycles. The van der Waals surface area contributed by atoms with Gasteiger partial charge in [-0.25, -0.2) is 4.39 Å². The summed E-state index contributed by atoms with van der Waals surface area (Å²) in [4.78, 5) is 14.1. The molecule has 0 radical (unpaired) electrons. The number of halogens is 2. The van der Waals surface area contributed by atoms with Gasteiger partial charge in [-0.3, -0.25) is 9.69 Å². The number of carbonyl (C=O) groups is 1. The molecule has 6 heteroatoms. The Balaban J connectivity index is 2.63. The number of nitrogens with one attached hydrogen (secondary N) is 1. The molecule has 0 heterocycles. The summed E-state index contributed by atoms with van der Waals surface area (Å²) >= 11 is 5.89. The number of nitrogens with zero attached hydrogens (tertiary/aromatic N) is 1. The molecule has 1 amide bonds. The number of anilines is 1. The van der Waals surface area contributed by atoms with Gasteiger partial charge in [0.15, 0.2) is 0 Å². The van der Waals surface area contributed by atoms with E-state index in [1.54, 1.807) is 0 Å². The van der Waals surface area contributed by atoms with Crippen molar-refractivity contribution in [3.8, 4) is 0 Å². The molecule has 0 aliphatic heterocycles. The Morgan fingerprint density at radius 1 is 1.48 bits per heavy atom. The molecule has 0 fully saturated rings. The Morgan fingerprint density at radius 2 is 2.14 bits per heavy atom. The maximum Gasteiger partial charge on any atom is 0.238 e. The molecule has 118 valence electrons. The highest BCUT2D eigenvalue weighted by molar-refractivity contribution is 6.33.